The summed E-state index contributed by atoms with van der Waals surface area (Å²) >= 11 is 0. The summed E-state index contributed by atoms with van der Waals surface area (Å²) in [5.74, 6) is -1.22. The second-order valence-electron chi connectivity index (χ2n) is 2.94. The Morgan fingerprint density at radius 1 is 1.43 bits per heavy atom. The van der Waals surface area contributed by atoms with Crippen LogP contribution in [0.3, 0.4) is 0 Å². The van der Waals surface area contributed by atoms with Gasteiger partial charge in [-0.25, -0.2) is 4.39 Å². The number of halogens is 2. The number of aliphatic hydroxyl groups is 1. The molecule has 0 amide bonds. The quantitative estimate of drug-likeness (QED) is 0.706. The normalized spacial score (nSPS) is 14.3. The van der Waals surface area contributed by atoms with Gasteiger partial charge in [0.2, 0.25) is 0 Å². The molecule has 1 aromatic carbocycles. The fourth-order valence-electron chi connectivity index (χ4n) is 1.06. The molecule has 0 bridgehead atoms. The zero-order valence-electron chi connectivity index (χ0n) is 7.64. The van der Waals surface area contributed by atoms with Crippen LogP contribution >= 0.6 is 12.4 Å². The van der Waals surface area contributed by atoms with Gasteiger partial charge >= 0.3 is 0 Å². The third-order valence-corrected chi connectivity index (χ3v) is 1.90. The van der Waals surface area contributed by atoms with Gasteiger partial charge in [0.15, 0.2) is 11.6 Å². The molecular formula is C9H13ClFNO2. The van der Waals surface area contributed by atoms with E-state index in [0.717, 1.165) is 6.07 Å². The third-order valence-electron chi connectivity index (χ3n) is 1.90. The van der Waals surface area contributed by atoms with Crippen LogP contribution in [0.4, 0.5) is 4.39 Å². The molecule has 0 aliphatic carbocycles. The summed E-state index contributed by atoms with van der Waals surface area (Å²) in [7, 11) is 0. The van der Waals surface area contributed by atoms with Crippen LogP contribution in [0.2, 0.25) is 0 Å². The topological polar surface area (TPSA) is 66.5 Å². The second kappa shape index (κ2) is 5.14. The molecule has 80 valence electrons. The summed E-state index contributed by atoms with van der Waals surface area (Å²) in [5, 5.41) is 18.4. The fraction of sp³-hybridized carbons (Fsp3) is 0.333. The van der Waals surface area contributed by atoms with Crippen molar-refractivity contribution in [2.45, 2.75) is 19.1 Å². The highest BCUT2D eigenvalue weighted by Crippen LogP contribution is 2.26. The molecule has 4 N–H and O–H groups in total. The van der Waals surface area contributed by atoms with Crippen LogP contribution in [-0.2, 0) is 0 Å². The van der Waals surface area contributed by atoms with E-state index in [-0.39, 0.29) is 18.0 Å². The van der Waals surface area contributed by atoms with E-state index in [9.17, 15) is 9.50 Å². The predicted octanol–water partition coefficient (Wildman–Crippen LogP) is 1.33. The lowest BCUT2D eigenvalue weighted by Gasteiger charge is -2.16. The summed E-state index contributed by atoms with van der Waals surface area (Å²) < 4.78 is 12.8. The predicted molar refractivity (Wildman–Crippen MR) is 53.9 cm³/mol. The van der Waals surface area contributed by atoms with Gasteiger partial charge in [-0.1, -0.05) is 12.1 Å². The van der Waals surface area contributed by atoms with Crippen LogP contribution < -0.4 is 5.73 Å². The lowest BCUT2D eigenvalue weighted by molar-refractivity contribution is 0.162. The first-order chi connectivity index (χ1) is 6.04. The van der Waals surface area contributed by atoms with Crippen molar-refractivity contribution in [1.29, 1.82) is 0 Å². The van der Waals surface area contributed by atoms with Crippen molar-refractivity contribution in [1.82, 2.24) is 0 Å². The SMILES string of the molecule is C[C@H](O)[C@H](N)c1cccc(F)c1O.Cl. The molecular weight excluding hydrogens is 209 g/mol. The average Bonchev–Trinajstić information content (AvgIpc) is 2.08. The van der Waals surface area contributed by atoms with Gasteiger partial charge in [0, 0.05) is 5.56 Å². The van der Waals surface area contributed by atoms with E-state index in [1.54, 1.807) is 0 Å². The molecule has 0 aliphatic rings. The second-order valence-corrected chi connectivity index (χ2v) is 2.94. The number of phenolic OH excluding ortho intramolecular Hbond substituents is 1. The zero-order valence-corrected chi connectivity index (χ0v) is 8.46. The highest BCUT2D eigenvalue weighted by Gasteiger charge is 2.17. The molecule has 0 saturated carbocycles. The Kier molecular flexibility index (Phi) is 4.83. The fourth-order valence-corrected chi connectivity index (χ4v) is 1.06. The van der Waals surface area contributed by atoms with Gasteiger partial charge in [0.05, 0.1) is 12.1 Å². The summed E-state index contributed by atoms with van der Waals surface area (Å²) in [6.07, 6.45) is -0.826. The number of nitrogens with two attached hydrogens (primary N) is 1. The van der Waals surface area contributed by atoms with Crippen molar-refractivity contribution in [3.63, 3.8) is 0 Å². The number of phenols is 1. The first-order valence-corrected chi connectivity index (χ1v) is 3.95. The maximum absolute atomic E-state index is 12.8. The van der Waals surface area contributed by atoms with E-state index < -0.39 is 23.7 Å². The molecule has 0 heterocycles. The maximum Gasteiger partial charge on any atom is 0.165 e. The highest BCUT2D eigenvalue weighted by atomic mass is 35.5. The minimum absolute atomic E-state index is 0. The monoisotopic (exact) mass is 221 g/mol. The van der Waals surface area contributed by atoms with Crippen molar-refractivity contribution >= 4 is 12.4 Å². The largest absolute Gasteiger partial charge is 0.505 e. The molecule has 1 rings (SSSR count). The van der Waals surface area contributed by atoms with Crippen LogP contribution in [-0.4, -0.2) is 16.3 Å². The highest BCUT2D eigenvalue weighted by molar-refractivity contribution is 5.85. The number of hydrogen-bond donors (Lipinski definition) is 3. The lowest BCUT2D eigenvalue weighted by Crippen LogP contribution is -2.23. The Labute approximate surface area is 87.8 Å². The average molecular weight is 222 g/mol. The number of para-hydroxylation sites is 1. The molecule has 2 atom stereocenters. The molecule has 0 saturated heterocycles. The molecule has 14 heavy (non-hydrogen) atoms. The molecule has 1 aromatic rings. The molecule has 3 nitrogen and oxygen atoms in total. The van der Waals surface area contributed by atoms with Gasteiger partial charge in [0.25, 0.3) is 0 Å². The van der Waals surface area contributed by atoms with E-state index in [0.29, 0.717) is 0 Å². The van der Waals surface area contributed by atoms with E-state index in [2.05, 4.69) is 0 Å². The minimum Gasteiger partial charge on any atom is -0.505 e. The van der Waals surface area contributed by atoms with Gasteiger partial charge in [-0.05, 0) is 13.0 Å². The maximum atomic E-state index is 12.8. The van der Waals surface area contributed by atoms with E-state index >= 15 is 0 Å². The van der Waals surface area contributed by atoms with Gasteiger partial charge in [-0.15, -0.1) is 12.4 Å². The summed E-state index contributed by atoms with van der Waals surface area (Å²) in [5.41, 5.74) is 5.75. The molecule has 0 aromatic heterocycles. The number of rotatable bonds is 2. The first-order valence-electron chi connectivity index (χ1n) is 3.95. The molecule has 0 unspecified atom stereocenters. The van der Waals surface area contributed by atoms with Gasteiger partial charge in [0.1, 0.15) is 0 Å². The van der Waals surface area contributed by atoms with E-state index in [1.165, 1.54) is 19.1 Å². The van der Waals surface area contributed by atoms with Crippen molar-refractivity contribution < 1.29 is 14.6 Å². The lowest BCUT2D eigenvalue weighted by atomic mass is 10.0. The summed E-state index contributed by atoms with van der Waals surface area (Å²) in [6.45, 7) is 1.48. The van der Waals surface area contributed by atoms with Gasteiger partial charge in [-0.3, -0.25) is 0 Å². The molecule has 0 aliphatic heterocycles. The molecule has 0 spiro atoms. The van der Waals surface area contributed by atoms with Gasteiger partial charge < -0.3 is 15.9 Å². The molecule has 0 fully saturated rings. The number of hydrogen-bond acceptors (Lipinski definition) is 3. The van der Waals surface area contributed by atoms with Crippen LogP contribution in [0.1, 0.15) is 18.5 Å². The van der Waals surface area contributed by atoms with Crippen LogP contribution in [0.5, 0.6) is 5.75 Å². The van der Waals surface area contributed by atoms with Crippen LogP contribution in [0.15, 0.2) is 18.2 Å². The smallest absolute Gasteiger partial charge is 0.165 e. The number of benzene rings is 1. The Morgan fingerprint density at radius 3 is 2.50 bits per heavy atom. The standard InChI is InChI=1S/C9H12FNO2.ClH/c1-5(12)8(11)6-3-2-4-7(10)9(6)13;/h2-5,8,12-13H,11H2,1H3;1H/t5-,8-;/m0./s1. The Bertz CT molecular complexity index is 307. The van der Waals surface area contributed by atoms with Crippen LogP contribution in [0.25, 0.3) is 0 Å². The van der Waals surface area contributed by atoms with Crippen molar-refractivity contribution in [3.8, 4) is 5.75 Å². The van der Waals surface area contributed by atoms with E-state index in [1.807, 2.05) is 0 Å². The molecule has 0 radical (unpaired) electrons. The molecule has 5 heteroatoms. The van der Waals surface area contributed by atoms with Crippen molar-refractivity contribution in [3.05, 3.63) is 29.6 Å². The zero-order chi connectivity index (χ0) is 10.0. The summed E-state index contributed by atoms with van der Waals surface area (Å²) in [6, 6.07) is 3.28. The Balaban J connectivity index is 0.00000169. The Hall–Kier alpha value is -0.840. The van der Waals surface area contributed by atoms with Crippen molar-refractivity contribution in [2.24, 2.45) is 5.73 Å². The minimum atomic E-state index is -0.826. The third kappa shape index (κ3) is 2.57. The first kappa shape index (κ1) is 13.2. The van der Waals surface area contributed by atoms with Gasteiger partial charge in [-0.2, -0.15) is 0 Å². The number of aromatic hydroxyl groups is 1. The summed E-state index contributed by atoms with van der Waals surface area (Å²) in [4.78, 5) is 0. The van der Waals surface area contributed by atoms with Crippen LogP contribution in [0, 0.1) is 5.82 Å². The Morgan fingerprint density at radius 2 is 2.00 bits per heavy atom. The van der Waals surface area contributed by atoms with Crippen molar-refractivity contribution in [2.75, 3.05) is 0 Å². The number of aliphatic hydroxyl groups excluding tert-OH is 1. The van der Waals surface area contributed by atoms with E-state index in [4.69, 9.17) is 10.8 Å².